The predicted octanol–water partition coefficient (Wildman–Crippen LogP) is 13.6. The van der Waals surface area contributed by atoms with Gasteiger partial charge in [-0.1, -0.05) is 57.9 Å². The number of sulfonamides is 3. The molecule has 0 radical (unpaired) electrons. The van der Waals surface area contributed by atoms with Gasteiger partial charge < -0.3 is 45.7 Å². The molecule has 0 bridgehead atoms. The van der Waals surface area contributed by atoms with Gasteiger partial charge in [-0.2, -0.15) is 17.6 Å². The van der Waals surface area contributed by atoms with Crippen LogP contribution in [0.5, 0.6) is 11.5 Å². The van der Waals surface area contributed by atoms with Crippen LogP contribution < -0.4 is 41.0 Å². The zero-order valence-corrected chi connectivity index (χ0v) is 69.5. The summed E-state index contributed by atoms with van der Waals surface area (Å²) in [6.45, 7) is 26.1. The molecule has 0 spiro atoms. The molecule has 7 aromatic rings. The molecular formula is C79H105ClF4N16O14S3. The van der Waals surface area contributed by atoms with Gasteiger partial charge in [0.25, 0.3) is 27.3 Å². The summed E-state index contributed by atoms with van der Waals surface area (Å²) in [4.78, 5) is 63.3. The third-order valence-electron chi connectivity index (χ3n) is 22.2. The number of benzene rings is 5. The number of primary sulfonamides is 2. The van der Waals surface area contributed by atoms with Crippen molar-refractivity contribution < 1.29 is 67.1 Å². The number of aromatic nitrogens is 2. The molecule has 0 saturated carbocycles. The molecule has 638 valence electrons. The average molecular weight is 1710 g/mol. The quantitative estimate of drug-likeness (QED) is 0.0143. The van der Waals surface area contributed by atoms with Gasteiger partial charge in [-0.15, -0.1) is 0 Å². The monoisotopic (exact) mass is 1710 g/mol. The van der Waals surface area contributed by atoms with Crippen LogP contribution in [-0.4, -0.2) is 187 Å². The van der Waals surface area contributed by atoms with Crippen LogP contribution in [0.15, 0.2) is 136 Å². The minimum Gasteiger partial charge on any atom is -0.455 e. The summed E-state index contributed by atoms with van der Waals surface area (Å²) in [7, 11) is -12.6. The van der Waals surface area contributed by atoms with E-state index in [2.05, 4.69) is 84.4 Å². The number of amides is 1. The molecule has 2 aromatic heterocycles. The molecule has 38 heteroatoms. The van der Waals surface area contributed by atoms with Gasteiger partial charge in [-0.25, -0.2) is 45.2 Å². The highest BCUT2D eigenvalue weighted by molar-refractivity contribution is 7.90. The Morgan fingerprint density at radius 1 is 0.641 bits per heavy atom. The Hall–Kier alpha value is -9.02. The summed E-state index contributed by atoms with van der Waals surface area (Å²) in [5, 5.41) is 50.3. The number of H-pyrrole nitrogens is 1. The van der Waals surface area contributed by atoms with Crippen molar-refractivity contribution in [1.82, 2.24) is 34.3 Å². The number of fused-ring (bicyclic) bond motifs is 1. The first-order chi connectivity index (χ1) is 55.3. The number of alkyl halides is 3. The molecule has 0 unspecified atom stereocenters. The normalized spacial score (nSPS) is 17.2. The standard InChI is InChI=1S/C49H56ClF3N8O6S.C15H24N4O4S.C9H20N2.C6H5FN2O4S/c1-4-58-19-14-32(15-20-58)12-17-54-43-10-7-38(28-44(43)61(63)64)68(65,66)57-47(62)40-9-6-36(27-45(40)67-37-25-33-13-18-55-46(33)56-30-37)60-23-21-59(22-24-60)31-34-11-16-48(2,3)29-41(34)39-8-5-35(26-42(39)50)49(51,52)53;1-2-18-9-6-12(7-10-18)5-8-17-14-4-3-13(24(16,22)23)11-15(14)19(20)21;1-2-11-7-4-9(3-6-10)5-8-11;7-5-2-1-4(14(8,12)13)3-6(5)9(10)11/h5-10,13,18,25-28,30,32,54H,4,11-12,14-17,19-24,29,31H2,1-3H3,(H,55,56)(H,57,62);3-4,11-12,17H,2,5-10H2,1H3,(H2,16,22,23);9H,2-8,10H2,1H3;1-3H,(H2,8,12,13). The number of nitro benzene ring substituents is 3. The molecule has 30 nitrogen and oxygen atoms in total. The number of piperidine rings is 3. The number of nitrogens with two attached hydrogens (primary N) is 3. The van der Waals surface area contributed by atoms with E-state index < -0.39 is 89.5 Å². The number of nitrogens with one attached hydrogen (secondary N) is 4. The maximum absolute atomic E-state index is 14.0. The van der Waals surface area contributed by atoms with E-state index in [1.807, 2.05) is 6.07 Å². The number of allylic oxidation sites excluding steroid dienone is 1. The van der Waals surface area contributed by atoms with Crippen molar-refractivity contribution in [2.45, 2.75) is 133 Å². The second-order valence-corrected chi connectivity index (χ2v) is 35.9. The number of anilines is 3. The highest BCUT2D eigenvalue weighted by Crippen LogP contribution is 2.46. The smallest absolute Gasteiger partial charge is 0.416 e. The summed E-state index contributed by atoms with van der Waals surface area (Å²) in [5.41, 5.74) is 7.60. The number of nitrogens with zero attached hydrogens (tertiary/aromatic N) is 9. The van der Waals surface area contributed by atoms with E-state index in [-0.39, 0.29) is 38.0 Å². The molecule has 4 saturated heterocycles. The first kappa shape index (κ1) is 91.9. The molecule has 0 atom stereocenters. The number of hydrogen-bond donors (Lipinski definition) is 7. The van der Waals surface area contributed by atoms with Crippen LogP contribution in [0.3, 0.4) is 0 Å². The molecule has 6 heterocycles. The number of hydrogen-bond acceptors (Lipinski definition) is 23. The minimum atomic E-state index is -4.61. The molecule has 1 aliphatic carbocycles. The highest BCUT2D eigenvalue weighted by atomic mass is 35.5. The van der Waals surface area contributed by atoms with Gasteiger partial charge >= 0.3 is 11.9 Å². The Labute approximate surface area is 684 Å². The fourth-order valence-corrected chi connectivity index (χ4v) is 17.4. The third kappa shape index (κ3) is 26.2. The number of aromatic amines is 1. The lowest BCUT2D eigenvalue weighted by Crippen LogP contribution is -2.47. The molecule has 4 aliphatic heterocycles. The van der Waals surface area contributed by atoms with Crippen LogP contribution in [0, 0.1) is 59.3 Å². The topological polar surface area (TPSA) is 417 Å². The maximum Gasteiger partial charge on any atom is 0.416 e. The Bertz CT molecular complexity index is 5020. The molecule has 12 rings (SSSR count). The van der Waals surface area contributed by atoms with E-state index in [1.165, 1.54) is 81.5 Å². The number of nitro groups is 3. The Morgan fingerprint density at radius 2 is 1.15 bits per heavy atom. The van der Waals surface area contributed by atoms with Crippen molar-refractivity contribution in [3.05, 3.63) is 179 Å². The van der Waals surface area contributed by atoms with Crippen molar-refractivity contribution in [2.75, 3.05) is 127 Å². The lowest BCUT2D eigenvalue weighted by Gasteiger charge is -2.39. The average Bonchev–Trinajstić information content (AvgIpc) is 1.07. The van der Waals surface area contributed by atoms with Crippen LogP contribution in [0.25, 0.3) is 16.6 Å². The summed E-state index contributed by atoms with van der Waals surface area (Å²) in [5.74, 6) is 0.278. The summed E-state index contributed by atoms with van der Waals surface area (Å²) in [6, 6.07) is 21.3. The van der Waals surface area contributed by atoms with E-state index in [1.54, 1.807) is 24.4 Å². The zero-order chi connectivity index (χ0) is 85.2. The lowest BCUT2D eigenvalue weighted by atomic mass is 9.72. The predicted molar refractivity (Wildman–Crippen MR) is 443 cm³/mol. The molecule has 5 aliphatic rings. The van der Waals surface area contributed by atoms with Crippen molar-refractivity contribution in [3.63, 3.8) is 0 Å². The van der Waals surface area contributed by atoms with Gasteiger partial charge in [-0.05, 0) is 250 Å². The second kappa shape index (κ2) is 41.1. The molecular weight excluding hydrogens is 1600 g/mol. The first-order valence-corrected chi connectivity index (χ1v) is 44.1. The number of halogens is 5. The molecule has 10 N–H and O–H groups in total. The van der Waals surface area contributed by atoms with Gasteiger partial charge in [0.15, 0.2) is 0 Å². The van der Waals surface area contributed by atoms with Gasteiger partial charge in [0, 0.05) is 92.4 Å². The molecule has 117 heavy (non-hydrogen) atoms. The fourth-order valence-electron chi connectivity index (χ4n) is 15.1. The fraction of sp³-hybridized carbons (Fsp3) is 0.494. The number of piperazine rings is 1. The van der Waals surface area contributed by atoms with Crippen molar-refractivity contribution in [2.24, 2.45) is 39.2 Å². The number of rotatable bonds is 27. The first-order valence-electron chi connectivity index (χ1n) is 39.1. The van der Waals surface area contributed by atoms with Crippen LogP contribution in [0.1, 0.15) is 133 Å². The molecule has 5 aromatic carbocycles. The summed E-state index contributed by atoms with van der Waals surface area (Å²) < 4.78 is 133. The van der Waals surface area contributed by atoms with Gasteiger partial charge in [0.2, 0.25) is 25.9 Å². The summed E-state index contributed by atoms with van der Waals surface area (Å²) in [6.07, 6.45) is 11.2. The van der Waals surface area contributed by atoms with Crippen molar-refractivity contribution in [1.29, 1.82) is 0 Å². The Kier molecular flexibility index (Phi) is 32.3. The van der Waals surface area contributed by atoms with E-state index >= 15 is 0 Å². The van der Waals surface area contributed by atoms with Crippen LogP contribution in [0.2, 0.25) is 5.02 Å². The van der Waals surface area contributed by atoms with Gasteiger partial charge in [0.05, 0.1) is 46.8 Å². The van der Waals surface area contributed by atoms with Crippen LogP contribution >= 0.6 is 11.6 Å². The number of pyridine rings is 1. The number of carbonyl (C=O) groups excluding carboxylic acids is 1. The lowest BCUT2D eigenvalue weighted by molar-refractivity contribution is -0.387. The van der Waals surface area contributed by atoms with E-state index in [4.69, 9.17) is 32.3 Å². The molecule has 4 fully saturated rings. The van der Waals surface area contributed by atoms with Gasteiger partial charge in [-0.3, -0.25) is 40.0 Å². The van der Waals surface area contributed by atoms with Gasteiger partial charge in [0.1, 0.15) is 28.5 Å². The summed E-state index contributed by atoms with van der Waals surface area (Å²) >= 11 is 6.54. The van der Waals surface area contributed by atoms with E-state index in [0.29, 0.717) is 98.9 Å². The second-order valence-electron chi connectivity index (χ2n) is 30.7. The largest absolute Gasteiger partial charge is 0.455 e. The number of ether oxygens (including phenoxy) is 1. The minimum absolute atomic E-state index is 0.0463. The van der Waals surface area contributed by atoms with Crippen LogP contribution in [0.4, 0.5) is 51.7 Å². The third-order valence-corrected chi connectivity index (χ3v) is 25.6. The zero-order valence-electron chi connectivity index (χ0n) is 66.3. The van der Waals surface area contributed by atoms with Crippen molar-refractivity contribution in [3.8, 4) is 11.5 Å². The maximum atomic E-state index is 14.0. The van der Waals surface area contributed by atoms with E-state index in [0.717, 1.165) is 156 Å². The highest BCUT2D eigenvalue weighted by Gasteiger charge is 2.35. The number of carbonyl (C=O) groups is 1. The van der Waals surface area contributed by atoms with Crippen LogP contribution in [-0.2, 0) is 36.2 Å². The van der Waals surface area contributed by atoms with Crippen molar-refractivity contribution >= 4 is 98.3 Å². The SMILES string of the molecule is CCN1CCC(CCN)CC1.CCN1CCC(CCNc2ccc(S(=O)(=O)NC(=O)c3ccc(N4CCN(CC5=C(c6ccc(C(F)(F)F)cc6Cl)CC(C)(C)CC5)CC4)cc3Oc3cnc4[nH]ccc4c3)cc2[N+](=O)[O-])CC1.CCN1CCC(CCNc2ccc(S(N)(=O)=O)cc2[N+](=O)[O-])CC1.NS(=O)(=O)c1ccc(F)c([N+](=O)[O-])c1. The Morgan fingerprint density at radius 3 is 1.64 bits per heavy atom. The van der Waals surface area contributed by atoms with E-state index in [9.17, 15) is 78.0 Å². The Balaban J connectivity index is 0.000000255. The molecule has 1 amide bonds. The number of likely N-dealkylation sites (tertiary alicyclic amines) is 3.